The van der Waals surface area contributed by atoms with Crippen LogP contribution < -0.4 is 5.32 Å². The molecule has 1 heterocycles. The van der Waals surface area contributed by atoms with Gasteiger partial charge < -0.3 is 5.32 Å². The average Bonchev–Trinajstić information content (AvgIpc) is 2.70. The lowest BCUT2D eigenvalue weighted by molar-refractivity contribution is 0.0898. The topological polar surface area (TPSA) is 29.1 Å². The summed E-state index contributed by atoms with van der Waals surface area (Å²) in [6.45, 7) is 1.06. The first-order chi connectivity index (χ1) is 8.27. The molecule has 3 rings (SSSR count). The van der Waals surface area contributed by atoms with Crippen molar-refractivity contribution in [2.75, 3.05) is 6.54 Å². The fourth-order valence-electron chi connectivity index (χ4n) is 3.06. The molecule has 90 valence electrons. The largest absolute Gasteiger partial charge is 0.313 e. The highest BCUT2D eigenvalue weighted by molar-refractivity contribution is 9.10. The first kappa shape index (κ1) is 11.4. The summed E-state index contributed by atoms with van der Waals surface area (Å²) in [5.74, 6) is 0.490. The van der Waals surface area contributed by atoms with E-state index in [1.807, 2.05) is 18.2 Å². The van der Waals surface area contributed by atoms with Crippen molar-refractivity contribution in [1.29, 1.82) is 0 Å². The molecule has 2 atom stereocenters. The van der Waals surface area contributed by atoms with E-state index in [9.17, 15) is 4.79 Å². The van der Waals surface area contributed by atoms with Crippen LogP contribution in [0.4, 0.5) is 0 Å². The molecule has 2 aliphatic rings. The molecular weight excluding hydrogens is 278 g/mol. The third-order valence-electron chi connectivity index (χ3n) is 3.98. The van der Waals surface area contributed by atoms with Gasteiger partial charge in [0.2, 0.25) is 0 Å². The van der Waals surface area contributed by atoms with Gasteiger partial charge in [-0.15, -0.1) is 0 Å². The summed E-state index contributed by atoms with van der Waals surface area (Å²) in [4.78, 5) is 12.4. The number of halogens is 1. The van der Waals surface area contributed by atoms with Gasteiger partial charge in [0.1, 0.15) is 0 Å². The van der Waals surface area contributed by atoms with E-state index in [1.165, 1.54) is 18.4 Å². The van der Waals surface area contributed by atoms with Crippen molar-refractivity contribution >= 4 is 21.7 Å². The van der Waals surface area contributed by atoms with Gasteiger partial charge in [-0.2, -0.15) is 0 Å². The van der Waals surface area contributed by atoms with E-state index in [-0.39, 0.29) is 5.92 Å². The maximum Gasteiger partial charge on any atom is 0.168 e. The summed E-state index contributed by atoms with van der Waals surface area (Å²) in [6.07, 6.45) is 4.53. The number of benzene rings is 1. The second-order valence-electron chi connectivity index (χ2n) is 5.00. The zero-order valence-corrected chi connectivity index (χ0v) is 11.3. The second kappa shape index (κ2) is 4.54. The lowest BCUT2D eigenvalue weighted by atomic mass is 9.89. The van der Waals surface area contributed by atoms with Crippen LogP contribution in [0.5, 0.6) is 0 Å². The zero-order chi connectivity index (χ0) is 11.8. The van der Waals surface area contributed by atoms with Gasteiger partial charge in [-0.3, -0.25) is 4.79 Å². The molecule has 0 amide bonds. The van der Waals surface area contributed by atoms with Crippen LogP contribution in [-0.2, 0) is 6.42 Å². The van der Waals surface area contributed by atoms with Gasteiger partial charge in [-0.05, 0) is 37.4 Å². The van der Waals surface area contributed by atoms with E-state index in [1.54, 1.807) is 0 Å². The fourth-order valence-corrected chi connectivity index (χ4v) is 3.58. The Bertz CT molecular complexity index is 452. The number of rotatable bonds is 1. The molecule has 1 aliphatic heterocycles. The van der Waals surface area contributed by atoms with Gasteiger partial charge in [0.25, 0.3) is 0 Å². The van der Waals surface area contributed by atoms with Gasteiger partial charge >= 0.3 is 0 Å². The minimum Gasteiger partial charge on any atom is -0.313 e. The van der Waals surface area contributed by atoms with Crippen molar-refractivity contribution < 1.29 is 4.79 Å². The number of carbonyl (C=O) groups is 1. The number of nitrogens with one attached hydrogen (secondary N) is 1. The SMILES string of the molecule is O=C1c2cccc(Br)c2CC1C1CCCCN1. The molecule has 1 aromatic rings. The van der Waals surface area contributed by atoms with Crippen LogP contribution in [0.1, 0.15) is 35.2 Å². The molecule has 2 nitrogen and oxygen atoms in total. The predicted molar refractivity (Wildman–Crippen MR) is 71.3 cm³/mol. The van der Waals surface area contributed by atoms with Gasteiger partial charge in [0, 0.05) is 22.0 Å². The summed E-state index contributed by atoms with van der Waals surface area (Å²) in [6, 6.07) is 6.33. The van der Waals surface area contributed by atoms with Crippen LogP contribution in [0.2, 0.25) is 0 Å². The summed E-state index contributed by atoms with van der Waals surface area (Å²) in [5, 5.41) is 3.51. The van der Waals surface area contributed by atoms with E-state index < -0.39 is 0 Å². The molecule has 0 spiro atoms. The maximum atomic E-state index is 12.4. The molecule has 1 N–H and O–H groups in total. The molecule has 2 unspecified atom stereocenters. The summed E-state index contributed by atoms with van der Waals surface area (Å²) < 4.78 is 1.08. The van der Waals surface area contributed by atoms with Gasteiger partial charge in [0.05, 0.1) is 0 Å². The van der Waals surface area contributed by atoms with E-state index in [2.05, 4.69) is 21.2 Å². The number of ketones is 1. The first-order valence-electron chi connectivity index (χ1n) is 6.32. The average molecular weight is 294 g/mol. The Balaban J connectivity index is 1.88. The minimum absolute atomic E-state index is 0.156. The summed E-state index contributed by atoms with van der Waals surface area (Å²) in [7, 11) is 0. The van der Waals surface area contributed by atoms with Crippen molar-refractivity contribution in [1.82, 2.24) is 5.32 Å². The van der Waals surface area contributed by atoms with Crippen LogP contribution in [0.15, 0.2) is 22.7 Å². The molecule has 1 aliphatic carbocycles. The molecule has 0 saturated carbocycles. The van der Waals surface area contributed by atoms with E-state index in [0.717, 1.165) is 29.4 Å². The fraction of sp³-hybridized carbons (Fsp3) is 0.500. The molecular formula is C14H16BrNO. The molecule has 0 aromatic heterocycles. The number of Topliss-reactive ketones (excluding diaryl/α,β-unsaturated/α-hetero) is 1. The number of hydrogen-bond acceptors (Lipinski definition) is 2. The van der Waals surface area contributed by atoms with Crippen LogP contribution >= 0.6 is 15.9 Å². The molecule has 0 radical (unpaired) electrons. The zero-order valence-electron chi connectivity index (χ0n) is 9.71. The number of piperidine rings is 1. The van der Waals surface area contributed by atoms with Crippen molar-refractivity contribution in [2.45, 2.75) is 31.7 Å². The normalized spacial score (nSPS) is 28.2. The van der Waals surface area contributed by atoms with Gasteiger partial charge in [-0.25, -0.2) is 0 Å². The lowest BCUT2D eigenvalue weighted by Crippen LogP contribution is -2.42. The van der Waals surface area contributed by atoms with E-state index >= 15 is 0 Å². The molecule has 3 heteroatoms. The Kier molecular flexibility index (Phi) is 3.05. The van der Waals surface area contributed by atoms with Crippen molar-refractivity contribution in [3.05, 3.63) is 33.8 Å². The third-order valence-corrected chi connectivity index (χ3v) is 4.72. The Hall–Kier alpha value is -0.670. The second-order valence-corrected chi connectivity index (χ2v) is 5.85. The predicted octanol–water partition coefficient (Wildman–Crippen LogP) is 2.95. The Morgan fingerprint density at radius 3 is 2.88 bits per heavy atom. The van der Waals surface area contributed by atoms with Crippen LogP contribution in [0.3, 0.4) is 0 Å². The standard InChI is InChI=1S/C14H16BrNO/c15-12-5-3-4-9-10(12)8-11(14(9)17)13-6-1-2-7-16-13/h3-5,11,13,16H,1-2,6-8H2. The minimum atomic E-state index is 0.156. The quantitative estimate of drug-likeness (QED) is 0.863. The molecule has 1 fully saturated rings. The van der Waals surface area contributed by atoms with Crippen molar-refractivity contribution in [3.8, 4) is 0 Å². The van der Waals surface area contributed by atoms with E-state index in [4.69, 9.17) is 0 Å². The Labute approximate surface area is 110 Å². The molecule has 1 saturated heterocycles. The van der Waals surface area contributed by atoms with E-state index in [0.29, 0.717) is 11.8 Å². The monoisotopic (exact) mass is 293 g/mol. The molecule has 17 heavy (non-hydrogen) atoms. The summed E-state index contributed by atoms with van der Waals surface area (Å²) >= 11 is 3.55. The highest BCUT2D eigenvalue weighted by Gasteiger charge is 2.37. The smallest absolute Gasteiger partial charge is 0.168 e. The molecule has 1 aromatic carbocycles. The van der Waals surface area contributed by atoms with Crippen LogP contribution in [-0.4, -0.2) is 18.4 Å². The highest BCUT2D eigenvalue weighted by Crippen LogP contribution is 2.35. The number of fused-ring (bicyclic) bond motifs is 1. The number of carbonyl (C=O) groups excluding carboxylic acids is 1. The highest BCUT2D eigenvalue weighted by atomic mass is 79.9. The van der Waals surface area contributed by atoms with Gasteiger partial charge in [0.15, 0.2) is 5.78 Å². The number of hydrogen-bond donors (Lipinski definition) is 1. The Morgan fingerprint density at radius 1 is 1.29 bits per heavy atom. The van der Waals surface area contributed by atoms with Crippen LogP contribution in [0, 0.1) is 5.92 Å². The first-order valence-corrected chi connectivity index (χ1v) is 7.11. The van der Waals surface area contributed by atoms with Gasteiger partial charge in [-0.1, -0.05) is 34.5 Å². The maximum absolute atomic E-state index is 12.4. The van der Waals surface area contributed by atoms with Crippen molar-refractivity contribution in [3.63, 3.8) is 0 Å². The lowest BCUT2D eigenvalue weighted by Gasteiger charge is -2.27. The summed E-state index contributed by atoms with van der Waals surface area (Å²) in [5.41, 5.74) is 2.13. The molecule has 0 bridgehead atoms. The third kappa shape index (κ3) is 1.95. The Morgan fingerprint density at radius 2 is 2.18 bits per heavy atom. The van der Waals surface area contributed by atoms with Crippen molar-refractivity contribution in [2.24, 2.45) is 5.92 Å². The van der Waals surface area contributed by atoms with Crippen LogP contribution in [0.25, 0.3) is 0 Å².